The third-order valence-electron chi connectivity index (χ3n) is 6.91. The topological polar surface area (TPSA) is 86.8 Å². The van der Waals surface area contributed by atoms with Crippen LogP contribution in [-0.2, 0) is 0 Å². The Morgan fingerprint density at radius 1 is 0.630 bits per heavy atom. The van der Waals surface area contributed by atoms with Gasteiger partial charge in [0.15, 0.2) is 5.79 Å². The van der Waals surface area contributed by atoms with Crippen molar-refractivity contribution in [1.29, 1.82) is 0 Å². The van der Waals surface area contributed by atoms with Crippen LogP contribution in [0.25, 0.3) is 0 Å². The molecule has 1 aliphatic heterocycles. The van der Waals surface area contributed by atoms with Gasteiger partial charge in [-0.25, -0.2) is 9.98 Å². The number of nitrogens with zero attached hydrogens (tertiary/aromatic N) is 2. The largest absolute Gasteiger partial charge is 0.321 e. The first kappa shape index (κ1) is 19.0. The van der Waals surface area contributed by atoms with Gasteiger partial charge in [0.05, 0.1) is 12.1 Å². The maximum Gasteiger partial charge on any atom is 0.201 e. The molecule has 0 aromatic heterocycles. The van der Waals surface area contributed by atoms with Crippen LogP contribution in [0.2, 0.25) is 0 Å². The van der Waals surface area contributed by atoms with Crippen LogP contribution in [0.3, 0.4) is 0 Å². The number of hydrogen-bond acceptors (Lipinski definition) is 3. The molecule has 0 aromatic carbocycles. The molecular weight excluding hydrogens is 336 g/mol. The molecule has 0 unspecified atom stereocenters. The number of rotatable bonds is 3. The van der Waals surface area contributed by atoms with Crippen molar-refractivity contribution < 1.29 is 0 Å². The van der Waals surface area contributed by atoms with Crippen molar-refractivity contribution >= 4 is 11.9 Å². The molecule has 0 spiro atoms. The number of guanidine groups is 2. The van der Waals surface area contributed by atoms with E-state index in [0.717, 1.165) is 11.9 Å². The van der Waals surface area contributed by atoms with E-state index in [-0.39, 0.29) is 0 Å². The lowest BCUT2D eigenvalue weighted by molar-refractivity contribution is 0.164. The van der Waals surface area contributed by atoms with Crippen LogP contribution >= 0.6 is 0 Å². The third-order valence-corrected chi connectivity index (χ3v) is 6.91. The zero-order valence-electron chi connectivity index (χ0n) is 16.8. The molecule has 4 fully saturated rings. The van der Waals surface area contributed by atoms with Gasteiger partial charge in [0.25, 0.3) is 0 Å². The van der Waals surface area contributed by atoms with Gasteiger partial charge in [0.1, 0.15) is 0 Å². The molecule has 6 heteroatoms. The predicted molar refractivity (Wildman–Crippen MR) is 112 cm³/mol. The van der Waals surface area contributed by atoms with Crippen LogP contribution in [-0.4, -0.2) is 29.8 Å². The third kappa shape index (κ3) is 4.95. The predicted octanol–water partition coefficient (Wildman–Crippen LogP) is 3.34. The lowest BCUT2D eigenvalue weighted by atomic mass is 9.84. The molecule has 4 rings (SSSR count). The SMILES string of the molecule is NC1(C2CCCCC2)NC(=NC2CCCCC2)NC(=NC2CCCCC2)N1. The van der Waals surface area contributed by atoms with Crippen molar-refractivity contribution in [2.75, 3.05) is 0 Å². The molecule has 1 heterocycles. The van der Waals surface area contributed by atoms with Crippen molar-refractivity contribution in [3.8, 4) is 0 Å². The summed E-state index contributed by atoms with van der Waals surface area (Å²) in [5.74, 6) is 1.46. The molecule has 27 heavy (non-hydrogen) atoms. The second-order valence-electron chi connectivity index (χ2n) is 9.12. The number of nitrogens with two attached hydrogens (primary N) is 1. The van der Waals surface area contributed by atoms with Gasteiger partial charge >= 0.3 is 0 Å². The summed E-state index contributed by atoms with van der Waals surface area (Å²) in [7, 11) is 0. The summed E-state index contributed by atoms with van der Waals surface area (Å²) in [5.41, 5.74) is 6.90. The molecule has 0 radical (unpaired) electrons. The number of aliphatic imine (C=N–C) groups is 2. The zero-order chi connectivity index (χ0) is 18.5. The summed E-state index contributed by atoms with van der Waals surface area (Å²) < 4.78 is 0. The molecule has 152 valence electrons. The quantitative estimate of drug-likeness (QED) is 0.610. The average Bonchev–Trinajstić information content (AvgIpc) is 2.70. The van der Waals surface area contributed by atoms with E-state index >= 15 is 0 Å². The molecule has 0 atom stereocenters. The minimum absolute atomic E-state index is 0.415. The van der Waals surface area contributed by atoms with Gasteiger partial charge in [-0.2, -0.15) is 0 Å². The summed E-state index contributed by atoms with van der Waals surface area (Å²) >= 11 is 0. The van der Waals surface area contributed by atoms with Gasteiger partial charge in [-0.15, -0.1) is 0 Å². The van der Waals surface area contributed by atoms with Crippen molar-refractivity contribution in [2.45, 2.75) is 114 Å². The molecule has 1 saturated heterocycles. The summed E-state index contributed by atoms with van der Waals surface area (Å²) in [6, 6.07) is 0.830. The monoisotopic (exact) mass is 374 g/mol. The van der Waals surface area contributed by atoms with E-state index in [2.05, 4.69) is 16.0 Å². The summed E-state index contributed by atoms with van der Waals surface area (Å²) in [4.78, 5) is 10.0. The van der Waals surface area contributed by atoms with E-state index in [1.165, 1.54) is 96.3 Å². The van der Waals surface area contributed by atoms with Gasteiger partial charge in [0, 0.05) is 5.92 Å². The minimum atomic E-state index is -0.632. The molecule has 3 aliphatic carbocycles. The van der Waals surface area contributed by atoms with Gasteiger partial charge in [-0.1, -0.05) is 57.8 Å². The fourth-order valence-corrected chi connectivity index (χ4v) is 5.27. The standard InChI is InChI=1S/C21H38N6/c22-21(16-10-4-1-5-11-16)26-19(23-17-12-6-2-7-13-17)25-20(27-21)24-18-14-8-3-9-15-18/h16-18H,1-15,22H2,(H3,23,24,25,26,27). The van der Waals surface area contributed by atoms with Crippen LogP contribution in [0.5, 0.6) is 0 Å². The van der Waals surface area contributed by atoms with Gasteiger partial charge in [-0.05, 0) is 38.5 Å². The highest BCUT2D eigenvalue weighted by Crippen LogP contribution is 2.30. The van der Waals surface area contributed by atoms with Crippen molar-refractivity contribution in [2.24, 2.45) is 21.6 Å². The summed E-state index contributed by atoms with van der Waals surface area (Å²) in [6.45, 7) is 0. The van der Waals surface area contributed by atoms with Crippen molar-refractivity contribution in [3.05, 3.63) is 0 Å². The highest BCUT2D eigenvalue weighted by atomic mass is 15.5. The second-order valence-corrected chi connectivity index (χ2v) is 9.12. The van der Waals surface area contributed by atoms with Gasteiger partial charge < -0.3 is 10.6 Å². The van der Waals surface area contributed by atoms with E-state index < -0.39 is 5.79 Å². The van der Waals surface area contributed by atoms with Crippen molar-refractivity contribution in [1.82, 2.24) is 16.0 Å². The Balaban J connectivity index is 1.53. The first-order valence-electron chi connectivity index (χ1n) is 11.5. The first-order valence-corrected chi connectivity index (χ1v) is 11.5. The average molecular weight is 375 g/mol. The first-order chi connectivity index (χ1) is 13.2. The minimum Gasteiger partial charge on any atom is -0.321 e. The molecule has 6 nitrogen and oxygen atoms in total. The number of nitrogens with one attached hydrogen (secondary N) is 3. The lowest BCUT2D eigenvalue weighted by Crippen LogP contribution is -2.78. The Kier molecular flexibility index (Phi) is 6.21. The van der Waals surface area contributed by atoms with Crippen molar-refractivity contribution in [3.63, 3.8) is 0 Å². The Morgan fingerprint density at radius 2 is 1.04 bits per heavy atom. The van der Waals surface area contributed by atoms with Gasteiger partial charge in [0.2, 0.25) is 11.9 Å². The fourth-order valence-electron chi connectivity index (χ4n) is 5.27. The molecule has 0 amide bonds. The second kappa shape index (κ2) is 8.80. The van der Waals surface area contributed by atoms with E-state index in [0.29, 0.717) is 18.0 Å². The van der Waals surface area contributed by atoms with Crippen LogP contribution < -0.4 is 21.7 Å². The van der Waals surface area contributed by atoms with E-state index in [1.54, 1.807) is 0 Å². The Morgan fingerprint density at radius 3 is 1.48 bits per heavy atom. The van der Waals surface area contributed by atoms with E-state index in [9.17, 15) is 0 Å². The molecule has 5 N–H and O–H groups in total. The van der Waals surface area contributed by atoms with Crippen LogP contribution in [0.4, 0.5) is 0 Å². The van der Waals surface area contributed by atoms with Crippen LogP contribution in [0, 0.1) is 5.92 Å². The highest BCUT2D eigenvalue weighted by Gasteiger charge is 2.41. The smallest absolute Gasteiger partial charge is 0.201 e. The molecule has 4 aliphatic rings. The molecular formula is C21H38N6. The normalized spacial score (nSPS) is 34.9. The Bertz CT molecular complexity index is 503. The molecule has 0 bridgehead atoms. The van der Waals surface area contributed by atoms with Crippen LogP contribution in [0.15, 0.2) is 9.98 Å². The van der Waals surface area contributed by atoms with Gasteiger partial charge in [-0.3, -0.25) is 11.1 Å². The maximum atomic E-state index is 6.90. The Labute approximate surface area is 164 Å². The lowest BCUT2D eigenvalue weighted by Gasteiger charge is -2.45. The van der Waals surface area contributed by atoms with E-state index in [1.807, 2.05) is 0 Å². The Hall–Kier alpha value is -1.30. The fraction of sp³-hybridized carbons (Fsp3) is 0.905. The number of hydrogen-bond donors (Lipinski definition) is 4. The zero-order valence-corrected chi connectivity index (χ0v) is 16.8. The summed E-state index contributed by atoms with van der Waals surface area (Å²) in [5, 5.41) is 10.5. The van der Waals surface area contributed by atoms with E-state index in [4.69, 9.17) is 15.7 Å². The summed E-state index contributed by atoms with van der Waals surface area (Å²) in [6.07, 6.45) is 18.8. The molecule has 3 saturated carbocycles. The highest BCUT2D eigenvalue weighted by molar-refractivity contribution is 6.01. The van der Waals surface area contributed by atoms with Crippen LogP contribution in [0.1, 0.15) is 96.3 Å². The molecule has 0 aromatic rings. The maximum absolute atomic E-state index is 6.90.